The third kappa shape index (κ3) is 3.37. The van der Waals surface area contributed by atoms with Gasteiger partial charge in [-0.15, -0.1) is 0 Å². The molecule has 1 aliphatic carbocycles. The van der Waals surface area contributed by atoms with E-state index in [-0.39, 0.29) is 24.0 Å². The highest BCUT2D eigenvalue weighted by Gasteiger charge is 2.53. The Bertz CT molecular complexity index is 446. The summed E-state index contributed by atoms with van der Waals surface area (Å²) >= 11 is 0. The highest BCUT2D eigenvalue weighted by molar-refractivity contribution is 5.79. The number of fused-ring (bicyclic) bond motifs is 1. The molecule has 2 fully saturated rings. The van der Waals surface area contributed by atoms with E-state index in [0.29, 0.717) is 19.5 Å². The highest BCUT2D eigenvalue weighted by atomic mass is 16.6. The number of hydrogen-bond acceptors (Lipinski definition) is 5. The van der Waals surface area contributed by atoms with Crippen molar-refractivity contribution in [3.05, 3.63) is 0 Å². The van der Waals surface area contributed by atoms with Crippen LogP contribution in [0.4, 0.5) is 4.79 Å². The first-order chi connectivity index (χ1) is 10.2. The summed E-state index contributed by atoms with van der Waals surface area (Å²) < 4.78 is 10.5. The summed E-state index contributed by atoms with van der Waals surface area (Å²) in [5.41, 5.74) is 4.90. The third-order valence-corrected chi connectivity index (χ3v) is 4.79. The second-order valence-corrected chi connectivity index (χ2v) is 7.57. The molecule has 126 valence electrons. The van der Waals surface area contributed by atoms with Crippen LogP contribution in [0.2, 0.25) is 0 Å². The number of carbonyl (C=O) groups is 2. The molecule has 22 heavy (non-hydrogen) atoms. The molecule has 1 saturated heterocycles. The number of methoxy groups -OCH3 is 1. The van der Waals surface area contributed by atoms with Gasteiger partial charge in [0.2, 0.25) is 0 Å². The molecule has 1 amide bonds. The number of rotatable bonds is 1. The maximum absolute atomic E-state index is 12.4. The number of hydrogen-bond donors (Lipinski definition) is 1. The van der Waals surface area contributed by atoms with Gasteiger partial charge in [-0.05, 0) is 52.4 Å². The molecule has 0 spiro atoms. The SMILES string of the molecule is COC(=O)C12CCC(N)CC1CCN(C(=O)OC(C)(C)C)C2. The Kier molecular flexibility index (Phi) is 4.70. The number of likely N-dealkylation sites (tertiary alicyclic amines) is 1. The highest BCUT2D eigenvalue weighted by Crippen LogP contribution is 2.47. The molecule has 3 unspecified atom stereocenters. The number of carbonyl (C=O) groups excluding carboxylic acids is 2. The van der Waals surface area contributed by atoms with Crippen molar-refractivity contribution >= 4 is 12.1 Å². The van der Waals surface area contributed by atoms with Gasteiger partial charge in [-0.25, -0.2) is 4.79 Å². The van der Waals surface area contributed by atoms with E-state index in [0.717, 1.165) is 19.3 Å². The fourth-order valence-corrected chi connectivity index (χ4v) is 3.71. The zero-order valence-electron chi connectivity index (χ0n) is 14.1. The number of piperidine rings is 1. The Morgan fingerprint density at radius 2 is 1.95 bits per heavy atom. The van der Waals surface area contributed by atoms with Gasteiger partial charge in [0.15, 0.2) is 0 Å². The number of nitrogens with two attached hydrogens (primary N) is 1. The lowest BCUT2D eigenvalue weighted by atomic mass is 9.62. The largest absolute Gasteiger partial charge is 0.469 e. The van der Waals surface area contributed by atoms with E-state index in [4.69, 9.17) is 15.2 Å². The zero-order chi connectivity index (χ0) is 16.5. The van der Waals surface area contributed by atoms with E-state index < -0.39 is 11.0 Å². The molecule has 0 radical (unpaired) electrons. The van der Waals surface area contributed by atoms with Crippen LogP contribution in [0.5, 0.6) is 0 Å². The summed E-state index contributed by atoms with van der Waals surface area (Å²) in [6.07, 6.45) is 2.68. The Morgan fingerprint density at radius 3 is 2.55 bits per heavy atom. The fraction of sp³-hybridized carbons (Fsp3) is 0.875. The van der Waals surface area contributed by atoms with Crippen molar-refractivity contribution in [3.8, 4) is 0 Å². The van der Waals surface area contributed by atoms with E-state index >= 15 is 0 Å². The molecular formula is C16H28N2O4. The van der Waals surface area contributed by atoms with E-state index in [2.05, 4.69) is 0 Å². The Balaban J connectivity index is 2.17. The Morgan fingerprint density at radius 1 is 1.27 bits per heavy atom. The van der Waals surface area contributed by atoms with Crippen molar-refractivity contribution < 1.29 is 19.1 Å². The maximum atomic E-state index is 12.4. The van der Waals surface area contributed by atoms with Crippen LogP contribution in [0.3, 0.4) is 0 Å². The number of amides is 1. The van der Waals surface area contributed by atoms with Gasteiger partial charge in [-0.2, -0.15) is 0 Å². The first-order valence-electron chi connectivity index (χ1n) is 8.00. The van der Waals surface area contributed by atoms with Gasteiger partial charge in [0.1, 0.15) is 5.60 Å². The van der Waals surface area contributed by atoms with Crippen LogP contribution in [-0.2, 0) is 14.3 Å². The Labute approximate surface area is 132 Å². The van der Waals surface area contributed by atoms with Gasteiger partial charge in [0.05, 0.1) is 12.5 Å². The Hall–Kier alpha value is -1.30. The van der Waals surface area contributed by atoms with Gasteiger partial charge in [-0.1, -0.05) is 0 Å². The van der Waals surface area contributed by atoms with E-state index in [1.54, 1.807) is 4.90 Å². The van der Waals surface area contributed by atoms with E-state index in [1.807, 2.05) is 20.8 Å². The first-order valence-corrected chi connectivity index (χ1v) is 8.00. The maximum Gasteiger partial charge on any atom is 0.410 e. The normalized spacial score (nSPS) is 32.1. The topological polar surface area (TPSA) is 81.9 Å². The molecule has 1 aliphatic heterocycles. The van der Waals surface area contributed by atoms with Crippen LogP contribution in [0.1, 0.15) is 46.5 Å². The number of ether oxygens (including phenoxy) is 2. The quantitative estimate of drug-likeness (QED) is 0.748. The minimum absolute atomic E-state index is 0.135. The average Bonchev–Trinajstić information content (AvgIpc) is 2.44. The molecule has 0 bridgehead atoms. The van der Waals surface area contributed by atoms with Gasteiger partial charge in [0.25, 0.3) is 0 Å². The lowest BCUT2D eigenvalue weighted by Gasteiger charge is -2.49. The van der Waals surface area contributed by atoms with Crippen LogP contribution in [-0.4, -0.2) is 48.8 Å². The molecule has 6 heteroatoms. The summed E-state index contributed by atoms with van der Waals surface area (Å²) in [5.74, 6) is -0.0416. The van der Waals surface area contributed by atoms with Crippen LogP contribution >= 0.6 is 0 Å². The standard InChI is InChI=1S/C16H28N2O4/c1-15(2,3)22-14(20)18-8-6-11-9-12(17)5-7-16(11,10-18)13(19)21-4/h11-12H,5-10,17H2,1-4H3. The molecular weight excluding hydrogens is 284 g/mol. The van der Waals surface area contributed by atoms with Gasteiger partial charge >= 0.3 is 12.1 Å². The van der Waals surface area contributed by atoms with E-state index in [9.17, 15) is 9.59 Å². The van der Waals surface area contributed by atoms with Crippen molar-refractivity contribution in [1.29, 1.82) is 0 Å². The predicted molar refractivity (Wildman–Crippen MR) is 82.2 cm³/mol. The van der Waals surface area contributed by atoms with Gasteiger partial charge in [0, 0.05) is 19.1 Å². The molecule has 2 rings (SSSR count). The monoisotopic (exact) mass is 312 g/mol. The predicted octanol–water partition coefficient (Wildman–Crippen LogP) is 1.91. The molecule has 2 aliphatic rings. The van der Waals surface area contributed by atoms with Gasteiger partial charge in [-0.3, -0.25) is 4.79 Å². The summed E-state index contributed by atoms with van der Waals surface area (Å²) in [6, 6.07) is 0.135. The fourth-order valence-electron chi connectivity index (χ4n) is 3.71. The van der Waals surface area contributed by atoms with E-state index in [1.165, 1.54) is 7.11 Å². The van der Waals surface area contributed by atoms with Crippen molar-refractivity contribution in [2.75, 3.05) is 20.2 Å². The first kappa shape index (κ1) is 17.1. The summed E-state index contributed by atoms with van der Waals surface area (Å²) in [7, 11) is 1.41. The van der Waals surface area contributed by atoms with Gasteiger partial charge < -0.3 is 20.1 Å². The summed E-state index contributed by atoms with van der Waals surface area (Å²) in [6.45, 7) is 6.49. The molecule has 0 aromatic carbocycles. The summed E-state index contributed by atoms with van der Waals surface area (Å²) in [5, 5.41) is 0. The average molecular weight is 312 g/mol. The van der Waals surface area contributed by atoms with Crippen molar-refractivity contribution in [2.45, 2.75) is 58.1 Å². The van der Waals surface area contributed by atoms with Crippen LogP contribution < -0.4 is 5.73 Å². The zero-order valence-corrected chi connectivity index (χ0v) is 14.1. The third-order valence-electron chi connectivity index (χ3n) is 4.79. The van der Waals surface area contributed by atoms with Crippen LogP contribution in [0.25, 0.3) is 0 Å². The lowest BCUT2D eigenvalue weighted by Crippen LogP contribution is -2.58. The molecule has 0 aromatic rings. The van der Waals surface area contributed by atoms with Crippen molar-refractivity contribution in [2.24, 2.45) is 17.1 Å². The lowest BCUT2D eigenvalue weighted by molar-refractivity contribution is -0.164. The summed E-state index contributed by atoms with van der Waals surface area (Å²) in [4.78, 5) is 26.4. The molecule has 2 N–H and O–H groups in total. The van der Waals surface area contributed by atoms with Crippen LogP contribution in [0.15, 0.2) is 0 Å². The molecule has 6 nitrogen and oxygen atoms in total. The second kappa shape index (κ2) is 6.07. The second-order valence-electron chi connectivity index (χ2n) is 7.57. The molecule has 1 saturated carbocycles. The molecule has 0 aromatic heterocycles. The van der Waals surface area contributed by atoms with Crippen LogP contribution in [0, 0.1) is 11.3 Å². The number of esters is 1. The minimum atomic E-state index is -0.625. The number of nitrogens with zero attached hydrogens (tertiary/aromatic N) is 1. The smallest absolute Gasteiger partial charge is 0.410 e. The van der Waals surface area contributed by atoms with Crippen molar-refractivity contribution in [1.82, 2.24) is 4.90 Å². The van der Waals surface area contributed by atoms with Crippen molar-refractivity contribution in [3.63, 3.8) is 0 Å². The molecule has 1 heterocycles. The molecule has 3 atom stereocenters. The minimum Gasteiger partial charge on any atom is -0.469 e.